The number of hydrogen-bond donors (Lipinski definition) is 2. The summed E-state index contributed by atoms with van der Waals surface area (Å²) in [5, 5.41) is 9.41. The quantitative estimate of drug-likeness (QED) is 0.815. The Labute approximate surface area is 107 Å². The van der Waals surface area contributed by atoms with Gasteiger partial charge in [0.1, 0.15) is 5.82 Å². The Hall–Kier alpha value is -1.40. The Morgan fingerprint density at radius 2 is 2.17 bits per heavy atom. The molecular weight excluding hydrogens is 232 g/mol. The molecule has 0 aromatic carbocycles. The summed E-state index contributed by atoms with van der Waals surface area (Å²) >= 11 is 0. The Balaban J connectivity index is 2.10. The monoisotopic (exact) mass is 252 g/mol. The van der Waals surface area contributed by atoms with Crippen LogP contribution in [0.3, 0.4) is 0 Å². The Morgan fingerprint density at radius 1 is 1.50 bits per heavy atom. The van der Waals surface area contributed by atoms with Gasteiger partial charge in [0.2, 0.25) is 0 Å². The first-order valence-electron chi connectivity index (χ1n) is 6.32. The van der Waals surface area contributed by atoms with Crippen molar-refractivity contribution in [2.45, 2.75) is 19.9 Å². The summed E-state index contributed by atoms with van der Waals surface area (Å²) in [6, 6.07) is -0.606. The third-order valence-electron chi connectivity index (χ3n) is 3.47. The summed E-state index contributed by atoms with van der Waals surface area (Å²) in [5.74, 6) is -0.0629. The molecule has 0 radical (unpaired) electrons. The molecule has 1 aliphatic rings. The normalized spacial score (nSPS) is 19.9. The number of aliphatic carboxylic acids is 1. The number of carboxylic acid groups (broad SMARTS) is 1. The van der Waals surface area contributed by atoms with Crippen LogP contribution >= 0.6 is 0 Å². The fraction of sp³-hybridized carbons (Fsp3) is 0.667. The van der Waals surface area contributed by atoms with Crippen molar-refractivity contribution < 1.29 is 9.90 Å². The van der Waals surface area contributed by atoms with Gasteiger partial charge < -0.3 is 15.0 Å². The second-order valence-corrected chi connectivity index (χ2v) is 4.63. The summed E-state index contributed by atoms with van der Waals surface area (Å²) in [7, 11) is 0. The molecule has 18 heavy (non-hydrogen) atoms. The first kappa shape index (κ1) is 13.0. The minimum absolute atomic E-state index is 0.606. The van der Waals surface area contributed by atoms with Crippen LogP contribution in [-0.4, -0.2) is 63.6 Å². The molecular formula is C12H20N4O2. The molecule has 2 heterocycles. The minimum atomic E-state index is -0.816. The van der Waals surface area contributed by atoms with Crippen molar-refractivity contribution in [1.29, 1.82) is 0 Å². The van der Waals surface area contributed by atoms with E-state index in [4.69, 9.17) is 0 Å². The number of imidazole rings is 1. The Kier molecular flexibility index (Phi) is 3.98. The molecule has 0 bridgehead atoms. The van der Waals surface area contributed by atoms with E-state index in [1.54, 1.807) is 6.20 Å². The largest absolute Gasteiger partial charge is 0.480 e. The predicted molar refractivity (Wildman–Crippen MR) is 67.4 cm³/mol. The van der Waals surface area contributed by atoms with Crippen LogP contribution in [0.15, 0.2) is 6.20 Å². The van der Waals surface area contributed by atoms with E-state index < -0.39 is 12.0 Å². The molecule has 2 N–H and O–H groups in total. The van der Waals surface area contributed by atoms with Crippen molar-refractivity contribution in [1.82, 2.24) is 19.8 Å². The van der Waals surface area contributed by atoms with E-state index in [1.165, 1.54) is 0 Å². The molecule has 6 nitrogen and oxygen atoms in total. The van der Waals surface area contributed by atoms with Gasteiger partial charge >= 0.3 is 5.97 Å². The molecule has 0 saturated carbocycles. The molecule has 0 spiro atoms. The summed E-state index contributed by atoms with van der Waals surface area (Å²) in [6.45, 7) is 8.39. The summed E-state index contributed by atoms with van der Waals surface area (Å²) in [6.07, 6.45) is 1.63. The first-order valence-corrected chi connectivity index (χ1v) is 6.32. The maximum Gasteiger partial charge on any atom is 0.327 e. The van der Waals surface area contributed by atoms with Crippen molar-refractivity contribution >= 4 is 5.97 Å². The lowest BCUT2D eigenvalue weighted by Crippen LogP contribution is -2.49. The smallest absolute Gasteiger partial charge is 0.327 e. The van der Waals surface area contributed by atoms with Gasteiger partial charge in [-0.05, 0) is 13.5 Å². The number of aromatic amines is 1. The van der Waals surface area contributed by atoms with Crippen LogP contribution in [0.25, 0.3) is 0 Å². The van der Waals surface area contributed by atoms with Gasteiger partial charge in [-0.3, -0.25) is 9.69 Å². The highest BCUT2D eigenvalue weighted by Crippen LogP contribution is 2.21. The minimum Gasteiger partial charge on any atom is -0.480 e. The van der Waals surface area contributed by atoms with E-state index in [0.717, 1.165) is 38.5 Å². The topological polar surface area (TPSA) is 72.5 Å². The van der Waals surface area contributed by atoms with Crippen LogP contribution in [0.1, 0.15) is 24.5 Å². The lowest BCUT2D eigenvalue weighted by atomic mass is 10.1. The number of aromatic nitrogens is 2. The number of likely N-dealkylation sites (N-methyl/N-ethyl adjacent to an activating group) is 1. The zero-order valence-electron chi connectivity index (χ0n) is 10.9. The maximum absolute atomic E-state index is 11.5. The average Bonchev–Trinajstić information content (AvgIpc) is 2.76. The van der Waals surface area contributed by atoms with E-state index in [9.17, 15) is 9.90 Å². The number of carbonyl (C=O) groups is 1. The van der Waals surface area contributed by atoms with E-state index in [1.807, 2.05) is 11.8 Å². The zero-order valence-corrected chi connectivity index (χ0v) is 10.9. The molecule has 1 unspecified atom stereocenters. The molecule has 0 aliphatic carbocycles. The van der Waals surface area contributed by atoms with Gasteiger partial charge in [0.15, 0.2) is 6.04 Å². The number of rotatable bonds is 4. The van der Waals surface area contributed by atoms with Gasteiger partial charge in [-0.1, -0.05) is 6.92 Å². The van der Waals surface area contributed by atoms with Crippen molar-refractivity contribution in [3.05, 3.63) is 17.7 Å². The summed E-state index contributed by atoms with van der Waals surface area (Å²) < 4.78 is 0. The molecule has 1 aromatic heterocycles. The number of H-pyrrole nitrogens is 1. The molecule has 1 atom stereocenters. The SMILES string of the molecule is CCN1CCN(C(C(=O)O)c2cnc(C)[nH]2)CC1. The highest BCUT2D eigenvalue weighted by atomic mass is 16.4. The number of nitrogens with zero attached hydrogens (tertiary/aromatic N) is 3. The highest BCUT2D eigenvalue weighted by Gasteiger charge is 2.31. The van der Waals surface area contributed by atoms with E-state index in [-0.39, 0.29) is 0 Å². The van der Waals surface area contributed by atoms with Gasteiger partial charge in [0, 0.05) is 26.2 Å². The van der Waals surface area contributed by atoms with Crippen molar-refractivity contribution in [3.8, 4) is 0 Å². The Bertz CT molecular complexity index is 410. The van der Waals surface area contributed by atoms with Crippen LogP contribution in [0, 0.1) is 6.92 Å². The molecule has 0 amide bonds. The molecule has 6 heteroatoms. The first-order chi connectivity index (χ1) is 8.61. The standard InChI is InChI=1S/C12H20N4O2/c1-3-15-4-6-16(7-5-15)11(12(17)18)10-8-13-9(2)14-10/h8,11H,3-7H2,1-2H3,(H,13,14)(H,17,18). The number of aryl methyl sites for hydroxylation is 1. The van der Waals surface area contributed by atoms with Crippen LogP contribution in [-0.2, 0) is 4.79 Å². The van der Waals surface area contributed by atoms with Crippen molar-refractivity contribution in [2.24, 2.45) is 0 Å². The molecule has 1 aromatic rings. The third-order valence-corrected chi connectivity index (χ3v) is 3.47. The number of carboxylic acids is 1. The molecule has 100 valence electrons. The second-order valence-electron chi connectivity index (χ2n) is 4.63. The highest BCUT2D eigenvalue weighted by molar-refractivity contribution is 5.74. The van der Waals surface area contributed by atoms with Gasteiger partial charge in [0.25, 0.3) is 0 Å². The van der Waals surface area contributed by atoms with E-state index in [2.05, 4.69) is 21.8 Å². The number of nitrogens with one attached hydrogen (secondary N) is 1. The molecule has 1 saturated heterocycles. The second kappa shape index (κ2) is 5.49. The molecule has 1 aliphatic heterocycles. The van der Waals surface area contributed by atoms with Gasteiger partial charge in [-0.15, -0.1) is 0 Å². The fourth-order valence-electron chi connectivity index (χ4n) is 2.40. The summed E-state index contributed by atoms with van der Waals surface area (Å²) in [4.78, 5) is 22.9. The number of hydrogen-bond acceptors (Lipinski definition) is 4. The van der Waals surface area contributed by atoms with E-state index >= 15 is 0 Å². The molecule has 1 fully saturated rings. The zero-order chi connectivity index (χ0) is 13.1. The lowest BCUT2D eigenvalue weighted by Gasteiger charge is -2.36. The molecule has 2 rings (SSSR count). The van der Waals surface area contributed by atoms with Crippen LogP contribution < -0.4 is 0 Å². The van der Waals surface area contributed by atoms with Crippen molar-refractivity contribution in [2.75, 3.05) is 32.7 Å². The fourth-order valence-corrected chi connectivity index (χ4v) is 2.40. The van der Waals surface area contributed by atoms with Crippen LogP contribution in [0.5, 0.6) is 0 Å². The van der Waals surface area contributed by atoms with Gasteiger partial charge in [-0.2, -0.15) is 0 Å². The predicted octanol–water partition coefficient (Wildman–Crippen LogP) is 0.481. The third kappa shape index (κ3) is 2.70. The lowest BCUT2D eigenvalue weighted by molar-refractivity contribution is -0.144. The van der Waals surface area contributed by atoms with Crippen LogP contribution in [0.4, 0.5) is 0 Å². The maximum atomic E-state index is 11.5. The summed E-state index contributed by atoms with van der Waals surface area (Å²) in [5.41, 5.74) is 0.671. The van der Waals surface area contributed by atoms with Gasteiger partial charge in [0.05, 0.1) is 11.9 Å². The van der Waals surface area contributed by atoms with Crippen LogP contribution in [0.2, 0.25) is 0 Å². The number of piperazine rings is 1. The Morgan fingerprint density at radius 3 is 2.61 bits per heavy atom. The van der Waals surface area contributed by atoms with E-state index in [0.29, 0.717) is 5.69 Å². The average molecular weight is 252 g/mol. The van der Waals surface area contributed by atoms with Crippen molar-refractivity contribution in [3.63, 3.8) is 0 Å². The van der Waals surface area contributed by atoms with Gasteiger partial charge in [-0.25, -0.2) is 4.98 Å².